The van der Waals surface area contributed by atoms with Gasteiger partial charge in [0.05, 0.1) is 14.2 Å². The minimum Gasteiger partial charge on any atom is -0.468 e. The smallest absolute Gasteiger partial charge is 0.323 e. The average molecular weight is 359 g/mol. The van der Waals surface area contributed by atoms with Crippen molar-refractivity contribution in [2.45, 2.75) is 44.8 Å². The molecule has 0 amide bonds. The van der Waals surface area contributed by atoms with Crippen molar-refractivity contribution < 1.29 is 28.5 Å². The second-order valence-electron chi connectivity index (χ2n) is 6.71. The number of rotatable bonds is 10. The molecule has 138 valence electrons. The molecule has 6 nitrogen and oxygen atoms in total. The number of methoxy groups -OCH3 is 4. The lowest BCUT2D eigenvalue weighted by Gasteiger charge is -2.29. The molecule has 0 heterocycles. The van der Waals surface area contributed by atoms with Gasteiger partial charge >= 0.3 is 11.9 Å². The van der Waals surface area contributed by atoms with Crippen molar-refractivity contribution in [2.24, 2.45) is 5.41 Å². The fraction of sp³-hybridized carbons (Fsp3) is 0.706. The zero-order chi connectivity index (χ0) is 18.8. The molecule has 24 heavy (non-hydrogen) atoms. The van der Waals surface area contributed by atoms with Crippen LogP contribution in [0.15, 0.2) is 17.9 Å². The summed E-state index contributed by atoms with van der Waals surface area (Å²) in [5.41, 5.74) is 1.52. The van der Waals surface area contributed by atoms with Crippen LogP contribution in [0.5, 0.6) is 0 Å². The molecular formula is C17H30O6Si. The van der Waals surface area contributed by atoms with Crippen LogP contribution < -0.4 is 0 Å². The van der Waals surface area contributed by atoms with Gasteiger partial charge in [-0.15, -0.1) is 5.73 Å². The van der Waals surface area contributed by atoms with Gasteiger partial charge in [0.25, 0.3) is 0 Å². The number of ether oxygens (including phenoxy) is 4. The second-order valence-corrected chi connectivity index (χ2v) is 12.2. The van der Waals surface area contributed by atoms with Gasteiger partial charge in [0.15, 0.2) is 11.7 Å². The van der Waals surface area contributed by atoms with Crippen molar-refractivity contribution in [3.8, 4) is 0 Å². The zero-order valence-electron chi connectivity index (χ0n) is 15.8. The summed E-state index contributed by atoms with van der Waals surface area (Å²) in [7, 11) is 4.14. The van der Waals surface area contributed by atoms with Gasteiger partial charge in [-0.1, -0.05) is 19.6 Å². The Morgan fingerprint density at radius 2 is 1.50 bits per heavy atom. The van der Waals surface area contributed by atoms with Crippen molar-refractivity contribution in [3.63, 3.8) is 0 Å². The summed E-state index contributed by atoms with van der Waals surface area (Å²) < 4.78 is 20.0. The summed E-state index contributed by atoms with van der Waals surface area (Å²) >= 11 is 0. The van der Waals surface area contributed by atoms with Crippen molar-refractivity contribution in [1.82, 2.24) is 0 Å². The van der Waals surface area contributed by atoms with Gasteiger partial charge in [-0.3, -0.25) is 9.59 Å². The summed E-state index contributed by atoms with van der Waals surface area (Å²) in [6.45, 7) is 6.75. The van der Waals surface area contributed by atoms with Crippen LogP contribution in [0, 0.1) is 5.41 Å². The maximum Gasteiger partial charge on any atom is 0.323 e. The van der Waals surface area contributed by atoms with Crippen molar-refractivity contribution in [3.05, 3.63) is 17.9 Å². The van der Waals surface area contributed by atoms with Crippen LogP contribution in [0.4, 0.5) is 0 Å². The minimum absolute atomic E-state index is 0.00839. The fourth-order valence-electron chi connectivity index (χ4n) is 2.12. The first kappa shape index (κ1) is 22.6. The predicted molar refractivity (Wildman–Crippen MR) is 94.3 cm³/mol. The number of esters is 2. The molecule has 0 aromatic rings. The lowest BCUT2D eigenvalue weighted by molar-refractivity contribution is -0.181. The van der Waals surface area contributed by atoms with Crippen LogP contribution in [0.2, 0.25) is 25.7 Å². The van der Waals surface area contributed by atoms with Crippen molar-refractivity contribution >= 4 is 20.0 Å². The number of hydrogen-bond donors (Lipinski definition) is 0. The first-order valence-corrected chi connectivity index (χ1v) is 11.5. The molecule has 0 rings (SSSR count). The monoisotopic (exact) mass is 358 g/mol. The number of carbonyl (C=O) groups excluding carboxylic acids is 2. The topological polar surface area (TPSA) is 71.1 Å². The largest absolute Gasteiger partial charge is 0.468 e. The van der Waals surface area contributed by atoms with E-state index in [-0.39, 0.29) is 12.8 Å². The maximum absolute atomic E-state index is 12.3. The summed E-state index contributed by atoms with van der Waals surface area (Å²) in [5.74, 6) is -1.37. The molecule has 7 heteroatoms. The van der Waals surface area contributed by atoms with Crippen LogP contribution in [0.1, 0.15) is 12.8 Å². The van der Waals surface area contributed by atoms with E-state index in [2.05, 4.69) is 25.4 Å². The Morgan fingerprint density at radius 1 is 1.00 bits per heavy atom. The lowest BCUT2D eigenvalue weighted by Crippen LogP contribution is -2.44. The molecule has 0 aliphatic rings. The lowest BCUT2D eigenvalue weighted by atomic mass is 9.80. The van der Waals surface area contributed by atoms with Crippen molar-refractivity contribution in [2.75, 3.05) is 28.4 Å². The Kier molecular flexibility index (Phi) is 9.85. The standard InChI is InChI=1S/C17H30O6Si/c1-20-14(21-2)13-17(15(18)22-3,16(19)23-4)11-9-8-10-12-24(5,6)7/h9-10,14H,11-13H2,1-7H3. The third-order valence-electron chi connectivity index (χ3n) is 3.59. The molecular weight excluding hydrogens is 328 g/mol. The summed E-state index contributed by atoms with van der Waals surface area (Å²) in [4.78, 5) is 24.7. The predicted octanol–water partition coefficient (Wildman–Crippen LogP) is 2.77. The van der Waals surface area contributed by atoms with E-state index in [1.54, 1.807) is 6.08 Å². The Hall–Kier alpha value is -1.40. The van der Waals surface area contributed by atoms with Gasteiger partial charge in [-0.05, 0) is 24.6 Å². The summed E-state index contributed by atoms with van der Waals surface area (Å²) in [6.07, 6.45) is 2.96. The minimum atomic E-state index is -1.53. The molecule has 0 fully saturated rings. The fourth-order valence-corrected chi connectivity index (χ4v) is 2.85. The highest BCUT2D eigenvalue weighted by molar-refractivity contribution is 6.76. The molecule has 0 spiro atoms. The van der Waals surface area contributed by atoms with Gasteiger partial charge < -0.3 is 18.9 Å². The molecule has 0 saturated carbocycles. The molecule has 0 aliphatic heterocycles. The molecule has 0 N–H and O–H groups in total. The number of hydrogen-bond acceptors (Lipinski definition) is 6. The molecule has 0 unspecified atom stereocenters. The summed E-state index contributed by atoms with van der Waals surface area (Å²) in [6, 6.07) is 0.964. The van der Waals surface area contributed by atoms with Crippen LogP contribution in [0.3, 0.4) is 0 Å². The third-order valence-corrected chi connectivity index (χ3v) is 5.02. The Labute approximate surface area is 145 Å². The van der Waals surface area contributed by atoms with E-state index < -0.39 is 31.7 Å². The quantitative estimate of drug-likeness (QED) is 0.197. The molecule has 0 aliphatic carbocycles. The van der Waals surface area contributed by atoms with E-state index >= 15 is 0 Å². The third kappa shape index (κ3) is 7.01. The SMILES string of the molecule is COC(=O)C(CC=C=CC[Si](C)(C)C)(CC(OC)OC)C(=O)OC. The molecule has 0 saturated heterocycles. The molecule has 0 aromatic carbocycles. The normalized spacial score (nSPS) is 11.7. The van der Waals surface area contributed by atoms with E-state index in [0.717, 1.165) is 6.04 Å². The highest BCUT2D eigenvalue weighted by atomic mass is 28.3. The second kappa shape index (κ2) is 10.5. The van der Waals surface area contributed by atoms with E-state index in [1.165, 1.54) is 28.4 Å². The highest BCUT2D eigenvalue weighted by Crippen LogP contribution is 2.33. The van der Waals surface area contributed by atoms with E-state index in [9.17, 15) is 9.59 Å². The van der Waals surface area contributed by atoms with Crippen LogP contribution in [0.25, 0.3) is 0 Å². The van der Waals surface area contributed by atoms with E-state index in [4.69, 9.17) is 18.9 Å². The Morgan fingerprint density at radius 3 is 1.88 bits per heavy atom. The first-order valence-electron chi connectivity index (χ1n) is 7.78. The molecule has 0 bridgehead atoms. The maximum atomic E-state index is 12.3. The summed E-state index contributed by atoms with van der Waals surface area (Å²) in [5, 5.41) is 0. The number of allylic oxidation sites excluding steroid dienone is 1. The van der Waals surface area contributed by atoms with Gasteiger partial charge in [-0.2, -0.15) is 0 Å². The highest BCUT2D eigenvalue weighted by Gasteiger charge is 2.49. The van der Waals surface area contributed by atoms with Gasteiger partial charge in [0.2, 0.25) is 0 Å². The molecule has 0 aromatic heterocycles. The van der Waals surface area contributed by atoms with Gasteiger partial charge in [0, 0.05) is 28.7 Å². The van der Waals surface area contributed by atoms with Gasteiger partial charge in [-0.25, -0.2) is 0 Å². The van der Waals surface area contributed by atoms with E-state index in [0.29, 0.717) is 0 Å². The Bertz CT molecular complexity index is 454. The van der Waals surface area contributed by atoms with Crippen LogP contribution in [-0.4, -0.2) is 54.7 Å². The first-order chi connectivity index (χ1) is 11.2. The Balaban J connectivity index is 5.53. The molecule has 0 atom stereocenters. The van der Waals surface area contributed by atoms with Gasteiger partial charge in [0.1, 0.15) is 0 Å². The van der Waals surface area contributed by atoms with Crippen LogP contribution >= 0.6 is 0 Å². The van der Waals surface area contributed by atoms with Crippen molar-refractivity contribution in [1.29, 1.82) is 0 Å². The van der Waals surface area contributed by atoms with E-state index in [1.807, 2.05) is 6.08 Å². The van der Waals surface area contributed by atoms with Crippen LogP contribution in [-0.2, 0) is 28.5 Å². The average Bonchev–Trinajstić information content (AvgIpc) is 2.55. The molecule has 0 radical (unpaired) electrons. The zero-order valence-corrected chi connectivity index (χ0v) is 16.8. The number of carbonyl (C=O) groups is 2.